The zero-order valence-corrected chi connectivity index (χ0v) is 20.9. The van der Waals surface area contributed by atoms with Crippen molar-refractivity contribution in [3.8, 4) is 11.1 Å². The Morgan fingerprint density at radius 3 is 2.16 bits per heavy atom. The number of aromatic nitrogens is 1. The van der Waals surface area contributed by atoms with Crippen molar-refractivity contribution in [1.29, 1.82) is 0 Å². The molecule has 2 aliphatic carbocycles. The van der Waals surface area contributed by atoms with Crippen LogP contribution in [0.15, 0.2) is 122 Å². The highest BCUT2D eigenvalue weighted by atomic mass is 15.0. The highest BCUT2D eigenvalue weighted by molar-refractivity contribution is 6.10. The smallest absolute Gasteiger partial charge is 0.0540 e. The lowest BCUT2D eigenvalue weighted by atomic mass is 9.97. The van der Waals surface area contributed by atoms with E-state index < -0.39 is 0 Å². The van der Waals surface area contributed by atoms with E-state index in [1.54, 1.807) is 0 Å². The molecule has 0 saturated carbocycles. The van der Waals surface area contributed by atoms with Crippen LogP contribution in [0.2, 0.25) is 0 Å². The summed E-state index contributed by atoms with van der Waals surface area (Å²) in [5.41, 5.74) is 11.2. The normalized spacial score (nSPS) is 14.2. The van der Waals surface area contributed by atoms with Crippen LogP contribution in [0, 0.1) is 0 Å². The van der Waals surface area contributed by atoms with Gasteiger partial charge in [-0.25, -0.2) is 0 Å². The van der Waals surface area contributed by atoms with Crippen LogP contribution >= 0.6 is 0 Å². The van der Waals surface area contributed by atoms with Crippen molar-refractivity contribution >= 4 is 44.7 Å². The molecule has 2 aliphatic rings. The van der Waals surface area contributed by atoms with Crippen LogP contribution in [0.3, 0.4) is 0 Å². The lowest BCUT2D eigenvalue weighted by Gasteiger charge is -2.10. The van der Waals surface area contributed by atoms with E-state index in [0.717, 1.165) is 17.7 Å². The molecule has 37 heavy (non-hydrogen) atoms. The third-order valence-electron chi connectivity index (χ3n) is 7.75. The molecule has 0 unspecified atom stereocenters. The quantitative estimate of drug-likeness (QED) is 0.234. The Hall–Kier alpha value is -4.62. The first kappa shape index (κ1) is 21.6. The molecule has 5 aromatic rings. The van der Waals surface area contributed by atoms with Gasteiger partial charge in [-0.15, -0.1) is 0 Å². The van der Waals surface area contributed by atoms with Crippen molar-refractivity contribution in [3.63, 3.8) is 0 Å². The van der Waals surface area contributed by atoms with Gasteiger partial charge in [-0.2, -0.15) is 0 Å². The van der Waals surface area contributed by atoms with Crippen LogP contribution in [-0.4, -0.2) is 4.57 Å². The maximum atomic E-state index is 4.52. The summed E-state index contributed by atoms with van der Waals surface area (Å²) in [7, 11) is 0. The molecule has 0 spiro atoms. The number of allylic oxidation sites excluding steroid dienone is 7. The molecule has 0 radical (unpaired) electrons. The monoisotopic (exact) mass is 473 g/mol. The lowest BCUT2D eigenvalue weighted by Crippen LogP contribution is -2.29. The first-order chi connectivity index (χ1) is 18.3. The van der Waals surface area contributed by atoms with Gasteiger partial charge in [-0.1, -0.05) is 110 Å². The molecule has 0 fully saturated rings. The Balaban J connectivity index is 1.35. The fraction of sp³-hybridized carbons (Fsp3) is 0.0556. The topological polar surface area (TPSA) is 4.93 Å². The van der Waals surface area contributed by atoms with Gasteiger partial charge in [0.15, 0.2) is 0 Å². The Bertz CT molecular complexity index is 1920. The first-order valence-corrected chi connectivity index (χ1v) is 12.9. The average Bonchev–Trinajstić information content (AvgIpc) is 3.34. The van der Waals surface area contributed by atoms with E-state index in [9.17, 15) is 0 Å². The van der Waals surface area contributed by atoms with Gasteiger partial charge < -0.3 is 4.57 Å². The van der Waals surface area contributed by atoms with E-state index in [4.69, 9.17) is 0 Å². The van der Waals surface area contributed by atoms with Crippen molar-refractivity contribution in [1.82, 2.24) is 4.57 Å². The van der Waals surface area contributed by atoms with Gasteiger partial charge in [0.25, 0.3) is 0 Å². The highest BCUT2D eigenvalue weighted by Gasteiger charge is 2.21. The SMILES string of the molecule is C=C(/C=C\C(=C/C)n1c2ccccc2c2ccccc21)c1ccc2c3c1=CC=CCC=3c1ccccc1-2. The van der Waals surface area contributed by atoms with Crippen LogP contribution < -0.4 is 10.4 Å². The van der Waals surface area contributed by atoms with Gasteiger partial charge >= 0.3 is 0 Å². The second-order valence-corrected chi connectivity index (χ2v) is 9.71. The van der Waals surface area contributed by atoms with Gasteiger partial charge in [0.05, 0.1) is 11.0 Å². The Labute approximate surface area is 217 Å². The van der Waals surface area contributed by atoms with Crippen molar-refractivity contribution < 1.29 is 0 Å². The second kappa shape index (κ2) is 8.50. The largest absolute Gasteiger partial charge is 0.310 e. The summed E-state index contributed by atoms with van der Waals surface area (Å²) >= 11 is 0. The molecule has 0 saturated heterocycles. The minimum atomic E-state index is 0.954. The Morgan fingerprint density at radius 2 is 1.43 bits per heavy atom. The number of benzene rings is 4. The number of hydrogen-bond donors (Lipinski definition) is 0. The molecule has 176 valence electrons. The molecule has 7 rings (SSSR count). The minimum absolute atomic E-state index is 0.954. The zero-order valence-electron chi connectivity index (χ0n) is 20.9. The third-order valence-corrected chi connectivity index (χ3v) is 7.75. The summed E-state index contributed by atoms with van der Waals surface area (Å²) in [6.45, 7) is 6.63. The molecule has 1 heteroatoms. The molecule has 0 N–H and O–H groups in total. The standard InChI is InChI=1S/C36H27N/c1-3-25(37-34-18-10-8-14-29(34)30-15-9-11-19-35(30)37)21-20-24(2)26-22-23-33-28-13-5-4-12-27(28)32-17-7-6-16-31(26)36(32)33/h3-16,18-23H,2,17H2,1H3/b21-20-,25-3+. The molecule has 1 heterocycles. The summed E-state index contributed by atoms with van der Waals surface area (Å²) in [4.78, 5) is 0. The van der Waals surface area contributed by atoms with Gasteiger partial charge in [0, 0.05) is 16.5 Å². The summed E-state index contributed by atoms with van der Waals surface area (Å²) in [6.07, 6.45) is 14.2. The average molecular weight is 474 g/mol. The second-order valence-electron chi connectivity index (χ2n) is 9.71. The van der Waals surface area contributed by atoms with E-state index in [-0.39, 0.29) is 0 Å². The highest BCUT2D eigenvalue weighted by Crippen LogP contribution is 2.34. The van der Waals surface area contributed by atoms with E-state index >= 15 is 0 Å². The lowest BCUT2D eigenvalue weighted by molar-refractivity contribution is 1.23. The van der Waals surface area contributed by atoms with Gasteiger partial charge in [-0.3, -0.25) is 0 Å². The Kier molecular flexibility index (Phi) is 4.97. The molecule has 1 aromatic heterocycles. The van der Waals surface area contributed by atoms with E-state index in [1.807, 2.05) is 0 Å². The predicted molar refractivity (Wildman–Crippen MR) is 159 cm³/mol. The number of para-hydroxylation sites is 2. The fourth-order valence-electron chi connectivity index (χ4n) is 6.08. The maximum Gasteiger partial charge on any atom is 0.0540 e. The summed E-state index contributed by atoms with van der Waals surface area (Å²) in [6, 6.07) is 30.6. The van der Waals surface area contributed by atoms with Gasteiger partial charge in [-0.05, 0) is 75.4 Å². The molecular weight excluding hydrogens is 446 g/mol. The molecular formula is C36H27N. The van der Waals surface area contributed by atoms with E-state index in [2.05, 4.69) is 139 Å². The molecule has 0 bridgehead atoms. The van der Waals surface area contributed by atoms with Gasteiger partial charge in [0.1, 0.15) is 0 Å². The van der Waals surface area contributed by atoms with Crippen LogP contribution in [0.4, 0.5) is 0 Å². The van der Waals surface area contributed by atoms with Crippen LogP contribution in [0.25, 0.3) is 55.9 Å². The van der Waals surface area contributed by atoms with Crippen molar-refractivity contribution in [2.75, 3.05) is 0 Å². The third kappa shape index (κ3) is 3.24. The Morgan fingerprint density at radius 1 is 0.757 bits per heavy atom. The molecule has 0 atom stereocenters. The summed E-state index contributed by atoms with van der Waals surface area (Å²) < 4.78 is 2.35. The van der Waals surface area contributed by atoms with E-state index in [0.29, 0.717) is 0 Å². The first-order valence-electron chi connectivity index (χ1n) is 12.9. The van der Waals surface area contributed by atoms with Crippen molar-refractivity contribution in [3.05, 3.63) is 143 Å². The van der Waals surface area contributed by atoms with Crippen LogP contribution in [0.1, 0.15) is 24.5 Å². The number of nitrogens with zero attached hydrogens (tertiary/aromatic N) is 1. The number of fused-ring (bicyclic) bond motifs is 6. The zero-order chi connectivity index (χ0) is 24.9. The molecule has 1 nitrogen and oxygen atoms in total. The molecule has 4 aromatic carbocycles. The predicted octanol–water partition coefficient (Wildman–Crippen LogP) is 7.84. The van der Waals surface area contributed by atoms with Crippen LogP contribution in [-0.2, 0) is 0 Å². The number of rotatable bonds is 4. The molecule has 0 amide bonds. The van der Waals surface area contributed by atoms with Crippen molar-refractivity contribution in [2.45, 2.75) is 13.3 Å². The minimum Gasteiger partial charge on any atom is -0.310 e. The van der Waals surface area contributed by atoms with E-state index in [1.165, 1.54) is 60.1 Å². The maximum absolute atomic E-state index is 4.52. The van der Waals surface area contributed by atoms with Crippen molar-refractivity contribution in [2.24, 2.45) is 0 Å². The van der Waals surface area contributed by atoms with Crippen LogP contribution in [0.5, 0.6) is 0 Å². The fourth-order valence-corrected chi connectivity index (χ4v) is 6.08. The number of hydrogen-bond acceptors (Lipinski definition) is 0. The summed E-state index contributed by atoms with van der Waals surface area (Å²) in [5, 5.41) is 5.18. The molecule has 0 aliphatic heterocycles. The summed E-state index contributed by atoms with van der Waals surface area (Å²) in [5.74, 6) is 0. The van der Waals surface area contributed by atoms with Gasteiger partial charge in [0.2, 0.25) is 0 Å².